The minimum absolute atomic E-state index is 0.153. The molecule has 0 atom stereocenters. The van der Waals surface area contributed by atoms with E-state index < -0.39 is 21.7 Å². The molecule has 11 heteroatoms. The molecular weight excluding hydrogens is 452 g/mol. The zero-order chi connectivity index (χ0) is 21.3. The Morgan fingerprint density at radius 1 is 1.17 bits per heavy atom. The topological polar surface area (TPSA) is 79.4 Å². The number of sulfonamides is 1. The largest absolute Gasteiger partial charge is 0.302 e. The monoisotopic (exact) mass is 469 g/mol. The lowest BCUT2D eigenvalue weighted by atomic mass is 9.97. The maximum atomic E-state index is 13.9. The van der Waals surface area contributed by atoms with Gasteiger partial charge in [0.1, 0.15) is 15.8 Å². The molecule has 0 spiro atoms. The van der Waals surface area contributed by atoms with Crippen LogP contribution in [0.1, 0.15) is 12.8 Å². The number of amides is 1. The number of carbonyl (C=O) groups is 1. The first-order chi connectivity index (χ1) is 14.3. The van der Waals surface area contributed by atoms with Crippen molar-refractivity contribution in [3.8, 4) is 11.3 Å². The molecule has 1 amide bonds. The van der Waals surface area contributed by atoms with Crippen LogP contribution in [0.4, 0.5) is 13.9 Å². The minimum atomic E-state index is -3.51. The molecule has 1 N–H and O–H groups in total. The fraction of sp³-hybridized carbons (Fsp3) is 0.263. The van der Waals surface area contributed by atoms with Crippen molar-refractivity contribution in [2.75, 3.05) is 18.4 Å². The van der Waals surface area contributed by atoms with E-state index in [0.29, 0.717) is 27.9 Å². The van der Waals surface area contributed by atoms with Crippen LogP contribution in [0.15, 0.2) is 45.3 Å². The Balaban J connectivity index is 1.37. The number of nitrogens with zero attached hydrogens (tertiary/aromatic N) is 2. The highest BCUT2D eigenvalue weighted by Crippen LogP contribution is 2.30. The van der Waals surface area contributed by atoms with Gasteiger partial charge in [-0.15, -0.1) is 22.7 Å². The number of halogens is 2. The first-order valence-electron chi connectivity index (χ1n) is 9.10. The van der Waals surface area contributed by atoms with Gasteiger partial charge in [0.15, 0.2) is 5.13 Å². The number of thiophene rings is 1. The number of anilines is 1. The summed E-state index contributed by atoms with van der Waals surface area (Å²) >= 11 is 2.32. The van der Waals surface area contributed by atoms with Gasteiger partial charge < -0.3 is 5.32 Å². The number of hydrogen-bond acceptors (Lipinski definition) is 6. The van der Waals surface area contributed by atoms with Gasteiger partial charge in [-0.3, -0.25) is 4.79 Å². The lowest BCUT2D eigenvalue weighted by Gasteiger charge is -2.29. The van der Waals surface area contributed by atoms with E-state index in [1.807, 2.05) is 0 Å². The number of benzene rings is 1. The molecule has 6 nitrogen and oxygen atoms in total. The average Bonchev–Trinajstić information content (AvgIpc) is 3.41. The van der Waals surface area contributed by atoms with Gasteiger partial charge in [0.2, 0.25) is 5.91 Å². The fourth-order valence-corrected chi connectivity index (χ4v) is 6.58. The molecule has 0 unspecified atom stereocenters. The van der Waals surface area contributed by atoms with E-state index in [9.17, 15) is 22.0 Å². The number of piperidine rings is 1. The van der Waals surface area contributed by atoms with Gasteiger partial charge >= 0.3 is 0 Å². The lowest BCUT2D eigenvalue weighted by molar-refractivity contribution is -0.120. The summed E-state index contributed by atoms with van der Waals surface area (Å²) in [6, 6.07) is 6.49. The first kappa shape index (κ1) is 21.0. The van der Waals surface area contributed by atoms with E-state index in [-0.39, 0.29) is 30.5 Å². The van der Waals surface area contributed by atoms with Crippen molar-refractivity contribution in [3.05, 3.63) is 52.7 Å². The minimum Gasteiger partial charge on any atom is -0.302 e. The Bertz CT molecular complexity index is 1150. The number of aromatic nitrogens is 1. The SMILES string of the molecule is O=C(Nc1nc(-c2ccc(F)cc2F)cs1)C1CCN(S(=O)(=O)c2cccs2)CC1. The van der Waals surface area contributed by atoms with Crippen molar-refractivity contribution in [2.24, 2.45) is 5.92 Å². The Morgan fingerprint density at radius 3 is 2.60 bits per heavy atom. The second-order valence-electron chi connectivity index (χ2n) is 6.76. The maximum Gasteiger partial charge on any atom is 0.252 e. The molecule has 0 saturated carbocycles. The smallest absolute Gasteiger partial charge is 0.252 e. The third-order valence-electron chi connectivity index (χ3n) is 4.86. The lowest BCUT2D eigenvalue weighted by Crippen LogP contribution is -2.41. The second kappa shape index (κ2) is 8.50. The molecule has 158 valence electrons. The summed E-state index contributed by atoms with van der Waals surface area (Å²) in [5.74, 6) is -1.98. The predicted octanol–water partition coefficient (Wildman–Crippen LogP) is 4.19. The predicted molar refractivity (Wildman–Crippen MR) is 112 cm³/mol. The van der Waals surface area contributed by atoms with Crippen LogP contribution in [0.2, 0.25) is 0 Å². The number of nitrogens with one attached hydrogen (secondary N) is 1. The van der Waals surface area contributed by atoms with Crippen LogP contribution in [-0.4, -0.2) is 36.7 Å². The number of carbonyl (C=O) groups excluding carboxylic acids is 1. The molecule has 1 aliphatic heterocycles. The van der Waals surface area contributed by atoms with Crippen LogP contribution < -0.4 is 5.32 Å². The second-order valence-corrected chi connectivity index (χ2v) is 10.7. The molecule has 0 radical (unpaired) electrons. The molecule has 30 heavy (non-hydrogen) atoms. The molecule has 1 aliphatic rings. The van der Waals surface area contributed by atoms with Crippen LogP contribution in [0, 0.1) is 17.6 Å². The molecule has 1 fully saturated rings. The third kappa shape index (κ3) is 4.29. The Labute approximate surface area is 180 Å². The zero-order valence-electron chi connectivity index (χ0n) is 15.5. The molecule has 1 saturated heterocycles. The van der Waals surface area contributed by atoms with Crippen molar-refractivity contribution in [3.63, 3.8) is 0 Å². The summed E-state index contributed by atoms with van der Waals surface area (Å²) in [6.45, 7) is 0.532. The van der Waals surface area contributed by atoms with E-state index in [2.05, 4.69) is 10.3 Å². The van der Waals surface area contributed by atoms with Crippen molar-refractivity contribution >= 4 is 43.7 Å². The Kier molecular flexibility index (Phi) is 5.96. The normalized spacial score (nSPS) is 15.9. The summed E-state index contributed by atoms with van der Waals surface area (Å²) in [4.78, 5) is 16.8. The summed E-state index contributed by atoms with van der Waals surface area (Å²) in [6.07, 6.45) is 0.808. The third-order valence-corrected chi connectivity index (χ3v) is 8.88. The van der Waals surface area contributed by atoms with Crippen molar-refractivity contribution in [1.82, 2.24) is 9.29 Å². The van der Waals surface area contributed by atoms with E-state index in [0.717, 1.165) is 23.5 Å². The van der Waals surface area contributed by atoms with Crippen LogP contribution in [-0.2, 0) is 14.8 Å². The van der Waals surface area contributed by atoms with Gasteiger partial charge in [-0.05, 0) is 36.4 Å². The van der Waals surface area contributed by atoms with Gasteiger partial charge in [0, 0.05) is 36.0 Å². The van der Waals surface area contributed by atoms with Crippen LogP contribution in [0.5, 0.6) is 0 Å². The highest BCUT2D eigenvalue weighted by Gasteiger charge is 2.32. The molecule has 3 aromatic rings. The zero-order valence-corrected chi connectivity index (χ0v) is 18.0. The Hall–Kier alpha value is -2.21. The molecule has 0 aliphatic carbocycles. The maximum absolute atomic E-state index is 13.9. The average molecular weight is 470 g/mol. The standard InChI is InChI=1S/C19H17F2N3O3S3/c20-13-3-4-14(15(21)10-13)16-11-29-19(22-16)23-18(25)12-5-7-24(8-6-12)30(26,27)17-2-1-9-28-17/h1-4,9-12H,5-8H2,(H,22,23,25). The number of rotatable bonds is 5. The number of thiazole rings is 1. The van der Waals surface area contributed by atoms with Gasteiger partial charge in [-0.2, -0.15) is 4.31 Å². The van der Waals surface area contributed by atoms with Crippen LogP contribution in [0.25, 0.3) is 11.3 Å². The van der Waals surface area contributed by atoms with Gasteiger partial charge in [0.25, 0.3) is 10.0 Å². The molecule has 3 heterocycles. The van der Waals surface area contributed by atoms with Crippen LogP contribution in [0.3, 0.4) is 0 Å². The summed E-state index contributed by atoms with van der Waals surface area (Å²) < 4.78 is 53.8. The quantitative estimate of drug-likeness (QED) is 0.608. The van der Waals surface area contributed by atoms with Gasteiger partial charge in [0.05, 0.1) is 5.69 Å². The molecule has 0 bridgehead atoms. The summed E-state index contributed by atoms with van der Waals surface area (Å²) in [7, 11) is -3.51. The molecule has 4 rings (SSSR count). The molecule has 2 aromatic heterocycles. The first-order valence-corrected chi connectivity index (χ1v) is 12.3. The summed E-state index contributed by atoms with van der Waals surface area (Å²) in [5.41, 5.74) is 0.463. The van der Waals surface area contributed by atoms with E-state index in [4.69, 9.17) is 0 Å². The summed E-state index contributed by atoms with van der Waals surface area (Å²) in [5, 5.41) is 6.33. The van der Waals surface area contributed by atoms with E-state index in [1.165, 1.54) is 21.7 Å². The van der Waals surface area contributed by atoms with Gasteiger partial charge in [-0.1, -0.05) is 6.07 Å². The Morgan fingerprint density at radius 2 is 1.93 bits per heavy atom. The van der Waals surface area contributed by atoms with Crippen molar-refractivity contribution in [2.45, 2.75) is 17.1 Å². The number of hydrogen-bond donors (Lipinski definition) is 1. The highest BCUT2D eigenvalue weighted by atomic mass is 32.2. The molecular formula is C19H17F2N3O3S3. The fourth-order valence-electron chi connectivity index (χ4n) is 3.26. The van der Waals surface area contributed by atoms with Crippen molar-refractivity contribution in [1.29, 1.82) is 0 Å². The van der Waals surface area contributed by atoms with Gasteiger partial charge in [-0.25, -0.2) is 22.2 Å². The van der Waals surface area contributed by atoms with Crippen molar-refractivity contribution < 1.29 is 22.0 Å². The molecule has 1 aromatic carbocycles. The highest BCUT2D eigenvalue weighted by molar-refractivity contribution is 7.91. The van der Waals surface area contributed by atoms with E-state index in [1.54, 1.807) is 22.9 Å². The van der Waals surface area contributed by atoms with E-state index >= 15 is 0 Å². The van der Waals surface area contributed by atoms with Crippen LogP contribution >= 0.6 is 22.7 Å².